The first-order chi connectivity index (χ1) is 14.1. The van der Waals surface area contributed by atoms with Gasteiger partial charge in [0.2, 0.25) is 0 Å². The van der Waals surface area contributed by atoms with Gasteiger partial charge < -0.3 is 4.74 Å². The zero-order chi connectivity index (χ0) is 21.9. The topological polar surface area (TPSA) is 25.4 Å². The largest absolute Gasteiger partial charge is 0.434 e. The van der Waals surface area contributed by atoms with Crippen LogP contribution >= 0.6 is 11.3 Å². The van der Waals surface area contributed by atoms with Crippen molar-refractivity contribution < 1.29 is 13.5 Å². The zero-order valence-electron chi connectivity index (χ0n) is 18.7. The summed E-state index contributed by atoms with van der Waals surface area (Å²) in [5, 5.41) is 0.726. The second-order valence-corrected chi connectivity index (χ2v) is 11.1. The Labute approximate surface area is 183 Å². The highest BCUT2D eigenvalue weighted by Crippen LogP contribution is 2.39. The third kappa shape index (κ3) is 6.24. The molecule has 6 heteroatoms. The Bertz CT molecular complexity index is 816. The van der Waals surface area contributed by atoms with Crippen LogP contribution in [0.2, 0.25) is 0 Å². The van der Waals surface area contributed by atoms with E-state index in [0.717, 1.165) is 35.4 Å². The third-order valence-electron chi connectivity index (χ3n) is 5.91. The molecule has 2 heterocycles. The summed E-state index contributed by atoms with van der Waals surface area (Å²) in [6.07, 6.45) is 4.44. The molecule has 3 rings (SSSR count). The average Bonchev–Trinajstić information content (AvgIpc) is 3.08. The highest BCUT2D eigenvalue weighted by Gasteiger charge is 2.34. The molecule has 2 atom stereocenters. The molecular weight excluding hydrogens is 402 g/mol. The number of piperidine rings is 1. The first kappa shape index (κ1) is 23.1. The fourth-order valence-corrected chi connectivity index (χ4v) is 5.45. The molecule has 1 aliphatic heterocycles. The van der Waals surface area contributed by atoms with E-state index in [9.17, 15) is 8.78 Å². The summed E-state index contributed by atoms with van der Waals surface area (Å²) >= 11 is 1.57. The van der Waals surface area contributed by atoms with E-state index in [2.05, 4.69) is 49.2 Å². The standard InChI is InChI=1S/C24H34F2N2OS/c1-16(2)10-17-11-18(24(3,4)5)14-28(13-17)15-19-12-27-22(30-19)20-8-6-7-9-21(20)29-23(25)26/h6-9,12,16-18,23H,10-11,13-15H2,1-5H3. The SMILES string of the molecule is CC(C)CC1CC(C(C)(C)C)CN(Cc2cnc(-c3ccccc3OC(F)F)s2)C1. The molecule has 0 amide bonds. The second-order valence-electron chi connectivity index (χ2n) is 9.99. The molecule has 2 unspecified atom stereocenters. The second kappa shape index (κ2) is 9.73. The van der Waals surface area contributed by atoms with Crippen molar-refractivity contribution in [2.45, 2.75) is 60.6 Å². The maximum atomic E-state index is 12.7. The fourth-order valence-electron chi connectivity index (χ4n) is 4.46. The van der Waals surface area contributed by atoms with Crippen LogP contribution in [0.1, 0.15) is 52.3 Å². The van der Waals surface area contributed by atoms with E-state index in [-0.39, 0.29) is 11.2 Å². The summed E-state index contributed by atoms with van der Waals surface area (Å²) in [4.78, 5) is 8.24. The van der Waals surface area contributed by atoms with Crippen LogP contribution in [0.15, 0.2) is 30.5 Å². The number of nitrogens with zero attached hydrogens (tertiary/aromatic N) is 2. The van der Waals surface area contributed by atoms with Crippen molar-refractivity contribution in [3.8, 4) is 16.3 Å². The molecule has 3 nitrogen and oxygen atoms in total. The smallest absolute Gasteiger partial charge is 0.387 e. The minimum atomic E-state index is -2.84. The average molecular weight is 437 g/mol. The first-order valence-electron chi connectivity index (χ1n) is 10.8. The molecule has 1 aliphatic rings. The highest BCUT2D eigenvalue weighted by molar-refractivity contribution is 7.15. The van der Waals surface area contributed by atoms with Gasteiger partial charge in [0.05, 0.1) is 5.56 Å². The molecule has 0 aliphatic carbocycles. The van der Waals surface area contributed by atoms with Crippen LogP contribution in [-0.2, 0) is 6.54 Å². The molecule has 30 heavy (non-hydrogen) atoms. The lowest BCUT2D eigenvalue weighted by atomic mass is 9.72. The molecule has 0 N–H and O–H groups in total. The molecule has 166 valence electrons. The van der Waals surface area contributed by atoms with Gasteiger partial charge in [0, 0.05) is 30.7 Å². The van der Waals surface area contributed by atoms with E-state index in [1.54, 1.807) is 29.5 Å². The van der Waals surface area contributed by atoms with Crippen LogP contribution < -0.4 is 4.74 Å². The number of benzene rings is 1. The van der Waals surface area contributed by atoms with Crippen LogP contribution in [0, 0.1) is 23.2 Å². The van der Waals surface area contributed by atoms with Gasteiger partial charge in [-0.1, -0.05) is 46.8 Å². The van der Waals surface area contributed by atoms with Crippen molar-refractivity contribution >= 4 is 11.3 Å². The van der Waals surface area contributed by atoms with Gasteiger partial charge in [-0.05, 0) is 48.1 Å². The van der Waals surface area contributed by atoms with Crippen molar-refractivity contribution in [1.82, 2.24) is 9.88 Å². The predicted molar refractivity (Wildman–Crippen MR) is 120 cm³/mol. The van der Waals surface area contributed by atoms with E-state index in [1.165, 1.54) is 12.8 Å². The van der Waals surface area contributed by atoms with Gasteiger partial charge >= 0.3 is 6.61 Å². The third-order valence-corrected chi connectivity index (χ3v) is 6.92. The molecular formula is C24H34F2N2OS. The molecule has 1 fully saturated rings. The number of likely N-dealkylation sites (tertiary alicyclic amines) is 1. The highest BCUT2D eigenvalue weighted by atomic mass is 32.1. The first-order valence-corrected chi connectivity index (χ1v) is 11.6. The normalized spacial score (nSPS) is 20.8. The molecule has 1 aromatic heterocycles. The van der Waals surface area contributed by atoms with Crippen LogP contribution in [-0.4, -0.2) is 29.6 Å². The molecule has 1 saturated heterocycles. The fraction of sp³-hybridized carbons (Fsp3) is 0.625. The van der Waals surface area contributed by atoms with Crippen LogP contribution in [0.5, 0.6) is 5.75 Å². The van der Waals surface area contributed by atoms with Crippen molar-refractivity contribution in [2.75, 3.05) is 13.1 Å². The van der Waals surface area contributed by atoms with Crippen LogP contribution in [0.4, 0.5) is 8.78 Å². The van der Waals surface area contributed by atoms with E-state index in [0.29, 0.717) is 17.4 Å². The van der Waals surface area contributed by atoms with Gasteiger partial charge in [0.25, 0.3) is 0 Å². The Hall–Kier alpha value is -1.53. The van der Waals surface area contributed by atoms with E-state index in [1.807, 2.05) is 12.3 Å². The summed E-state index contributed by atoms with van der Waals surface area (Å²) < 4.78 is 30.2. The van der Waals surface area contributed by atoms with Crippen LogP contribution in [0.25, 0.3) is 10.6 Å². The van der Waals surface area contributed by atoms with E-state index in [4.69, 9.17) is 0 Å². The van der Waals surface area contributed by atoms with Gasteiger partial charge in [-0.15, -0.1) is 11.3 Å². The van der Waals surface area contributed by atoms with Crippen molar-refractivity contribution in [3.05, 3.63) is 35.3 Å². The van der Waals surface area contributed by atoms with Gasteiger partial charge in [-0.2, -0.15) is 8.78 Å². The molecule has 0 saturated carbocycles. The number of hydrogen-bond acceptors (Lipinski definition) is 4. The van der Waals surface area contributed by atoms with Crippen molar-refractivity contribution in [2.24, 2.45) is 23.2 Å². The van der Waals surface area contributed by atoms with Gasteiger partial charge in [0.15, 0.2) is 0 Å². The lowest BCUT2D eigenvalue weighted by molar-refractivity contribution is -0.0494. The summed E-state index contributed by atoms with van der Waals surface area (Å²) in [6.45, 7) is 11.9. The van der Waals surface area contributed by atoms with Gasteiger partial charge in [-0.25, -0.2) is 4.98 Å². The summed E-state index contributed by atoms with van der Waals surface area (Å²) in [5.41, 5.74) is 0.913. The zero-order valence-corrected chi connectivity index (χ0v) is 19.5. The lowest BCUT2D eigenvalue weighted by Gasteiger charge is -2.43. The monoisotopic (exact) mass is 436 g/mol. The van der Waals surface area contributed by atoms with Gasteiger partial charge in [0.1, 0.15) is 10.8 Å². The van der Waals surface area contributed by atoms with Crippen molar-refractivity contribution in [3.63, 3.8) is 0 Å². The van der Waals surface area contributed by atoms with E-state index < -0.39 is 6.61 Å². The van der Waals surface area contributed by atoms with Crippen molar-refractivity contribution in [1.29, 1.82) is 0 Å². The van der Waals surface area contributed by atoms with E-state index >= 15 is 0 Å². The number of hydrogen-bond donors (Lipinski definition) is 0. The Kier molecular flexibility index (Phi) is 7.51. The summed E-state index contributed by atoms with van der Waals surface area (Å²) in [6, 6.07) is 6.88. The lowest BCUT2D eigenvalue weighted by Crippen LogP contribution is -2.44. The minimum Gasteiger partial charge on any atom is -0.434 e. The summed E-state index contributed by atoms with van der Waals surface area (Å²) in [5.74, 6) is 2.27. The van der Waals surface area contributed by atoms with Gasteiger partial charge in [-0.3, -0.25) is 4.90 Å². The minimum absolute atomic E-state index is 0.177. The summed E-state index contributed by atoms with van der Waals surface area (Å²) in [7, 11) is 0. The molecule has 0 spiro atoms. The Morgan fingerprint density at radius 2 is 1.93 bits per heavy atom. The molecule has 2 aromatic rings. The maximum Gasteiger partial charge on any atom is 0.387 e. The Balaban J connectivity index is 1.74. The number of aromatic nitrogens is 1. The molecule has 0 bridgehead atoms. The number of rotatable bonds is 7. The number of halogens is 2. The molecule has 1 aromatic carbocycles. The maximum absolute atomic E-state index is 12.7. The number of alkyl halides is 2. The quantitative estimate of drug-likeness (QED) is 0.470. The molecule has 0 radical (unpaired) electrons. The number of ether oxygens (including phenoxy) is 1. The Morgan fingerprint density at radius 3 is 2.60 bits per heavy atom. The predicted octanol–water partition coefficient (Wildman–Crippen LogP) is 6.94. The number of thiazole rings is 1. The number of para-hydroxylation sites is 1. The van der Waals surface area contributed by atoms with Crippen LogP contribution in [0.3, 0.4) is 0 Å². The Morgan fingerprint density at radius 1 is 1.20 bits per heavy atom.